The molecule has 0 aliphatic rings. The summed E-state index contributed by atoms with van der Waals surface area (Å²) in [4.78, 5) is 2.30. The minimum Gasteiger partial charge on any atom is -0.310 e. The van der Waals surface area contributed by atoms with Crippen LogP contribution in [-0.4, -0.2) is 4.57 Å². The molecule has 0 amide bonds. The summed E-state index contributed by atoms with van der Waals surface area (Å²) in [5.74, 6) is 0. The number of nitrogens with zero attached hydrogens (tertiary/aromatic N) is 2. The average Bonchev–Trinajstić information content (AvgIpc) is 3.33. The number of fused-ring (bicyclic) bond motifs is 3. The van der Waals surface area contributed by atoms with Gasteiger partial charge in [0, 0.05) is 44.1 Å². The molecule has 0 radical (unpaired) electrons. The van der Waals surface area contributed by atoms with Gasteiger partial charge in [0.1, 0.15) is 0 Å². The average molecular weight is 521 g/mol. The Bertz CT molecular complexity index is 1910. The van der Waals surface area contributed by atoms with E-state index in [1.54, 1.807) is 0 Å². The quantitative estimate of drug-likeness (QED) is 0.219. The maximum Gasteiger partial charge on any atom is 0.0561 e. The molecular formula is C36H25ClN2. The molecule has 0 saturated heterocycles. The first kappa shape index (κ1) is 23.3. The van der Waals surface area contributed by atoms with Crippen LogP contribution in [0.3, 0.4) is 0 Å². The lowest BCUT2D eigenvalue weighted by Gasteiger charge is -2.26. The summed E-state index contributed by atoms with van der Waals surface area (Å²) in [5.41, 5.74) is 8.82. The van der Waals surface area contributed by atoms with Crippen molar-refractivity contribution in [3.05, 3.63) is 157 Å². The van der Waals surface area contributed by atoms with Crippen LogP contribution in [0.1, 0.15) is 0 Å². The summed E-state index contributed by atoms with van der Waals surface area (Å²) in [5, 5.41) is 3.21. The van der Waals surface area contributed by atoms with E-state index in [2.05, 4.69) is 137 Å². The number of hydrogen-bond donors (Lipinski definition) is 0. The van der Waals surface area contributed by atoms with E-state index in [1.165, 1.54) is 16.3 Å². The molecule has 0 aliphatic heterocycles. The molecule has 3 heteroatoms. The summed E-state index contributed by atoms with van der Waals surface area (Å²) in [6.45, 7) is 0. The highest BCUT2D eigenvalue weighted by atomic mass is 35.5. The zero-order chi connectivity index (χ0) is 26.2. The van der Waals surface area contributed by atoms with Crippen LogP contribution >= 0.6 is 11.6 Å². The molecule has 2 nitrogen and oxygen atoms in total. The number of halogens is 1. The molecule has 39 heavy (non-hydrogen) atoms. The minimum atomic E-state index is 0.734. The Kier molecular flexibility index (Phi) is 5.88. The molecule has 0 fully saturated rings. The summed E-state index contributed by atoms with van der Waals surface area (Å²) >= 11 is 6.72. The molecule has 0 aliphatic carbocycles. The molecule has 186 valence electrons. The van der Waals surface area contributed by atoms with Crippen molar-refractivity contribution in [1.29, 1.82) is 0 Å². The van der Waals surface area contributed by atoms with Crippen molar-refractivity contribution >= 4 is 50.5 Å². The second-order valence-electron chi connectivity index (χ2n) is 9.59. The van der Waals surface area contributed by atoms with E-state index in [1.807, 2.05) is 24.3 Å². The molecule has 0 spiro atoms. The van der Waals surface area contributed by atoms with Crippen LogP contribution in [0.15, 0.2) is 152 Å². The number of benzene rings is 6. The molecule has 7 aromatic rings. The van der Waals surface area contributed by atoms with E-state index >= 15 is 0 Å². The van der Waals surface area contributed by atoms with Gasteiger partial charge in [-0.15, -0.1) is 0 Å². The fraction of sp³-hybridized carbons (Fsp3) is 0. The Morgan fingerprint density at radius 2 is 1.05 bits per heavy atom. The van der Waals surface area contributed by atoms with Crippen molar-refractivity contribution in [3.8, 4) is 16.8 Å². The fourth-order valence-corrected chi connectivity index (χ4v) is 5.70. The number of anilines is 3. The second-order valence-corrected chi connectivity index (χ2v) is 10.00. The van der Waals surface area contributed by atoms with Crippen molar-refractivity contribution in [2.24, 2.45) is 0 Å². The van der Waals surface area contributed by atoms with Crippen molar-refractivity contribution < 1.29 is 0 Å². The molecule has 0 atom stereocenters. The SMILES string of the molecule is Clc1ccc(N(c2ccccc2)c2ccc3c4ccccc4n(-c4ccccc4)c3c2)cc1-c1ccccc1. The van der Waals surface area contributed by atoms with Gasteiger partial charge in [-0.3, -0.25) is 0 Å². The van der Waals surface area contributed by atoms with Gasteiger partial charge < -0.3 is 9.47 Å². The highest BCUT2D eigenvalue weighted by molar-refractivity contribution is 6.33. The summed E-state index contributed by atoms with van der Waals surface area (Å²) in [7, 11) is 0. The van der Waals surface area contributed by atoms with Crippen LogP contribution in [-0.2, 0) is 0 Å². The van der Waals surface area contributed by atoms with Crippen molar-refractivity contribution in [2.75, 3.05) is 4.90 Å². The third-order valence-electron chi connectivity index (χ3n) is 7.24. The van der Waals surface area contributed by atoms with Crippen LogP contribution in [0, 0.1) is 0 Å². The first-order chi connectivity index (χ1) is 19.3. The largest absolute Gasteiger partial charge is 0.310 e. The zero-order valence-corrected chi connectivity index (χ0v) is 22.0. The van der Waals surface area contributed by atoms with Crippen LogP contribution in [0.4, 0.5) is 17.1 Å². The first-order valence-corrected chi connectivity index (χ1v) is 13.4. The van der Waals surface area contributed by atoms with Gasteiger partial charge in [-0.05, 0) is 66.2 Å². The molecule has 7 rings (SSSR count). The lowest BCUT2D eigenvalue weighted by molar-refractivity contribution is 1.18. The molecule has 1 heterocycles. The summed E-state index contributed by atoms with van der Waals surface area (Å²) in [6, 6.07) is 53.0. The van der Waals surface area contributed by atoms with E-state index < -0.39 is 0 Å². The predicted molar refractivity (Wildman–Crippen MR) is 166 cm³/mol. The number of rotatable bonds is 5. The van der Waals surface area contributed by atoms with Crippen molar-refractivity contribution in [3.63, 3.8) is 0 Å². The zero-order valence-electron chi connectivity index (χ0n) is 21.2. The third kappa shape index (κ3) is 4.16. The van der Waals surface area contributed by atoms with Gasteiger partial charge in [-0.2, -0.15) is 0 Å². The topological polar surface area (TPSA) is 8.17 Å². The van der Waals surface area contributed by atoms with Gasteiger partial charge in [-0.1, -0.05) is 103 Å². The van der Waals surface area contributed by atoms with E-state index in [-0.39, 0.29) is 0 Å². The number of para-hydroxylation sites is 3. The Labute approximate surface area is 233 Å². The van der Waals surface area contributed by atoms with E-state index in [0.717, 1.165) is 44.4 Å². The molecular weight excluding hydrogens is 496 g/mol. The molecule has 0 unspecified atom stereocenters. The van der Waals surface area contributed by atoms with Gasteiger partial charge >= 0.3 is 0 Å². The standard InChI is InChI=1S/C36H25ClN2/c37-34-23-21-29(24-33(34)26-12-4-1-5-13-26)38(27-14-6-2-7-15-27)30-20-22-32-31-18-10-11-19-35(31)39(36(32)25-30)28-16-8-3-9-17-28/h1-25H. The number of aromatic nitrogens is 1. The summed E-state index contributed by atoms with van der Waals surface area (Å²) < 4.78 is 2.36. The fourth-order valence-electron chi connectivity index (χ4n) is 5.47. The Balaban J connectivity index is 1.48. The molecule has 0 saturated carbocycles. The monoisotopic (exact) mass is 520 g/mol. The van der Waals surface area contributed by atoms with Crippen LogP contribution < -0.4 is 4.90 Å². The molecule has 0 N–H and O–H groups in total. The van der Waals surface area contributed by atoms with Crippen molar-refractivity contribution in [1.82, 2.24) is 4.57 Å². The van der Waals surface area contributed by atoms with E-state index in [0.29, 0.717) is 0 Å². The van der Waals surface area contributed by atoms with Gasteiger partial charge in [0.25, 0.3) is 0 Å². The number of hydrogen-bond acceptors (Lipinski definition) is 1. The maximum absolute atomic E-state index is 6.72. The van der Waals surface area contributed by atoms with Gasteiger partial charge in [0.05, 0.1) is 11.0 Å². The second kappa shape index (κ2) is 9.83. The first-order valence-electron chi connectivity index (χ1n) is 13.1. The van der Waals surface area contributed by atoms with E-state index in [9.17, 15) is 0 Å². The maximum atomic E-state index is 6.72. The normalized spacial score (nSPS) is 11.2. The highest BCUT2D eigenvalue weighted by Crippen LogP contribution is 2.41. The lowest BCUT2D eigenvalue weighted by atomic mass is 10.0. The molecule has 6 aromatic carbocycles. The predicted octanol–water partition coefficient (Wildman–Crippen LogP) is 10.6. The Hall–Kier alpha value is -4.79. The van der Waals surface area contributed by atoms with E-state index in [4.69, 9.17) is 11.6 Å². The summed E-state index contributed by atoms with van der Waals surface area (Å²) in [6.07, 6.45) is 0. The molecule has 0 bridgehead atoms. The Morgan fingerprint density at radius 1 is 0.462 bits per heavy atom. The lowest BCUT2D eigenvalue weighted by Crippen LogP contribution is -2.10. The van der Waals surface area contributed by atoms with Crippen LogP contribution in [0.2, 0.25) is 5.02 Å². The Morgan fingerprint density at radius 3 is 1.82 bits per heavy atom. The van der Waals surface area contributed by atoms with Crippen LogP contribution in [0.25, 0.3) is 38.6 Å². The molecule has 1 aromatic heterocycles. The van der Waals surface area contributed by atoms with Gasteiger partial charge in [0.2, 0.25) is 0 Å². The van der Waals surface area contributed by atoms with Gasteiger partial charge in [0.15, 0.2) is 0 Å². The third-order valence-corrected chi connectivity index (χ3v) is 7.57. The van der Waals surface area contributed by atoms with Crippen molar-refractivity contribution in [2.45, 2.75) is 0 Å². The van der Waals surface area contributed by atoms with Crippen LogP contribution in [0.5, 0.6) is 0 Å². The highest BCUT2D eigenvalue weighted by Gasteiger charge is 2.18. The smallest absolute Gasteiger partial charge is 0.0561 e. The van der Waals surface area contributed by atoms with Gasteiger partial charge in [-0.25, -0.2) is 0 Å². The minimum absolute atomic E-state index is 0.734.